The molecule has 2 aromatic carbocycles. The molecular weight excluding hydrogens is 332 g/mol. The molecule has 24 heavy (non-hydrogen) atoms. The molecule has 1 aliphatic heterocycles. The van der Waals surface area contributed by atoms with Gasteiger partial charge in [-0.05, 0) is 42.0 Å². The van der Waals surface area contributed by atoms with Crippen LogP contribution in [0, 0.1) is 0 Å². The highest BCUT2D eigenvalue weighted by atomic mass is 32.2. The van der Waals surface area contributed by atoms with E-state index in [0.717, 1.165) is 5.56 Å². The van der Waals surface area contributed by atoms with E-state index in [1.165, 1.54) is 24.3 Å². The first-order valence-electron chi connectivity index (χ1n) is 6.93. The highest BCUT2D eigenvalue weighted by Gasteiger charge is 2.12. The van der Waals surface area contributed by atoms with Crippen LogP contribution in [0.15, 0.2) is 53.4 Å². The second-order valence-corrected chi connectivity index (χ2v) is 6.57. The molecule has 0 saturated heterocycles. The Balaban J connectivity index is 1.69. The van der Waals surface area contributed by atoms with Crippen LogP contribution in [0.4, 0.5) is 5.69 Å². The molecule has 0 fully saturated rings. The molecule has 3 rings (SSSR count). The zero-order chi connectivity index (χ0) is 17.2. The van der Waals surface area contributed by atoms with Gasteiger partial charge in [-0.15, -0.1) is 0 Å². The van der Waals surface area contributed by atoms with Gasteiger partial charge in [-0.2, -0.15) is 0 Å². The van der Waals surface area contributed by atoms with Crippen molar-refractivity contribution in [2.45, 2.75) is 4.90 Å². The third-order valence-corrected chi connectivity index (χ3v) is 4.16. The molecule has 0 bridgehead atoms. The molecule has 7 nitrogen and oxygen atoms in total. The summed E-state index contributed by atoms with van der Waals surface area (Å²) in [4.78, 5) is 11.9. The van der Waals surface area contributed by atoms with E-state index >= 15 is 0 Å². The molecule has 8 heteroatoms. The van der Waals surface area contributed by atoms with Gasteiger partial charge in [0.05, 0.1) is 4.90 Å². The normalized spacial score (nSPS) is 13.2. The molecule has 2 aromatic rings. The lowest BCUT2D eigenvalue weighted by atomic mass is 10.2. The largest absolute Gasteiger partial charge is 0.454 e. The molecule has 0 radical (unpaired) electrons. The summed E-state index contributed by atoms with van der Waals surface area (Å²) in [6.45, 7) is 0.184. The number of rotatable bonds is 4. The fourth-order valence-electron chi connectivity index (χ4n) is 2.12. The molecule has 1 aliphatic rings. The first-order valence-corrected chi connectivity index (χ1v) is 8.48. The number of hydrogen-bond donors (Lipinski definition) is 2. The van der Waals surface area contributed by atoms with Gasteiger partial charge in [-0.25, -0.2) is 13.6 Å². The Labute approximate surface area is 138 Å². The van der Waals surface area contributed by atoms with E-state index in [2.05, 4.69) is 5.32 Å². The van der Waals surface area contributed by atoms with Crippen molar-refractivity contribution < 1.29 is 22.7 Å². The zero-order valence-electron chi connectivity index (χ0n) is 12.4. The number of carbonyl (C=O) groups excluding carboxylic acids is 1. The van der Waals surface area contributed by atoms with Crippen LogP contribution in [0.5, 0.6) is 11.5 Å². The second kappa shape index (κ2) is 6.34. The fraction of sp³-hybridized carbons (Fsp3) is 0.0625. The van der Waals surface area contributed by atoms with Crippen molar-refractivity contribution in [2.75, 3.05) is 12.1 Å². The molecule has 0 spiro atoms. The molecule has 0 aromatic heterocycles. The van der Waals surface area contributed by atoms with Crippen LogP contribution in [0.3, 0.4) is 0 Å². The van der Waals surface area contributed by atoms with Crippen molar-refractivity contribution in [3.05, 3.63) is 54.1 Å². The number of nitrogens with two attached hydrogens (primary N) is 1. The zero-order valence-corrected chi connectivity index (χ0v) is 13.2. The summed E-state index contributed by atoms with van der Waals surface area (Å²) in [7, 11) is -3.82. The summed E-state index contributed by atoms with van der Waals surface area (Å²) in [5.74, 6) is 0.883. The molecule has 3 N–H and O–H groups in total. The number of ether oxygens (including phenoxy) is 2. The predicted octanol–water partition coefficient (Wildman–Crippen LogP) is 1.71. The highest BCUT2D eigenvalue weighted by Crippen LogP contribution is 2.32. The molecule has 124 valence electrons. The third-order valence-electron chi connectivity index (χ3n) is 3.25. The summed E-state index contributed by atoms with van der Waals surface area (Å²) in [6.07, 6.45) is 2.95. The summed E-state index contributed by atoms with van der Waals surface area (Å²) in [5.41, 5.74) is 1.11. The van der Waals surface area contributed by atoms with Crippen LogP contribution in [0.1, 0.15) is 5.56 Å². The molecule has 0 atom stereocenters. The van der Waals surface area contributed by atoms with Gasteiger partial charge in [0.1, 0.15) is 0 Å². The standard InChI is InChI=1S/C16H14N2O5S/c17-24(20,21)13-3-1-2-12(9-13)18-16(19)7-5-11-4-6-14-15(8-11)23-10-22-14/h1-9H,10H2,(H,18,19)(H2,17,20,21)/b7-5+. The van der Waals surface area contributed by atoms with Crippen molar-refractivity contribution in [1.29, 1.82) is 0 Å². The van der Waals surface area contributed by atoms with Crippen molar-refractivity contribution >= 4 is 27.7 Å². The maximum Gasteiger partial charge on any atom is 0.248 e. The highest BCUT2D eigenvalue weighted by molar-refractivity contribution is 7.89. The Morgan fingerprint density at radius 2 is 1.92 bits per heavy atom. The van der Waals surface area contributed by atoms with Gasteiger partial charge in [0.25, 0.3) is 0 Å². The Bertz CT molecular complexity index is 922. The number of amides is 1. The number of anilines is 1. The lowest BCUT2D eigenvalue weighted by Gasteiger charge is -2.04. The quantitative estimate of drug-likeness (QED) is 0.820. The van der Waals surface area contributed by atoms with Crippen LogP contribution >= 0.6 is 0 Å². The van der Waals surface area contributed by atoms with Gasteiger partial charge in [0.15, 0.2) is 11.5 Å². The van der Waals surface area contributed by atoms with Crippen LogP contribution < -0.4 is 19.9 Å². The summed E-state index contributed by atoms with van der Waals surface area (Å²) in [6, 6.07) is 11.0. The molecule has 0 saturated carbocycles. The number of primary sulfonamides is 1. The number of sulfonamides is 1. The van der Waals surface area contributed by atoms with Crippen molar-refractivity contribution in [3.63, 3.8) is 0 Å². The summed E-state index contributed by atoms with van der Waals surface area (Å²) in [5, 5.41) is 7.63. The van der Waals surface area contributed by atoms with Crippen LogP contribution in [-0.2, 0) is 14.8 Å². The molecule has 0 unspecified atom stereocenters. The molecule has 1 heterocycles. The average molecular weight is 346 g/mol. The maximum absolute atomic E-state index is 11.9. The first kappa shape index (κ1) is 16.0. The Morgan fingerprint density at radius 1 is 1.12 bits per heavy atom. The topological polar surface area (TPSA) is 108 Å². The van der Waals surface area contributed by atoms with Gasteiger partial charge in [0, 0.05) is 11.8 Å². The van der Waals surface area contributed by atoms with E-state index in [0.29, 0.717) is 17.2 Å². The van der Waals surface area contributed by atoms with E-state index in [-0.39, 0.29) is 11.7 Å². The number of carbonyl (C=O) groups is 1. The van der Waals surface area contributed by atoms with Gasteiger partial charge < -0.3 is 14.8 Å². The van der Waals surface area contributed by atoms with Crippen molar-refractivity contribution in [3.8, 4) is 11.5 Å². The second-order valence-electron chi connectivity index (χ2n) is 5.01. The monoisotopic (exact) mass is 346 g/mol. The number of fused-ring (bicyclic) bond motifs is 1. The summed E-state index contributed by atoms with van der Waals surface area (Å²) < 4.78 is 33.1. The molecular formula is C16H14N2O5S. The lowest BCUT2D eigenvalue weighted by molar-refractivity contribution is -0.111. The Kier molecular flexibility index (Phi) is 4.24. The number of nitrogens with one attached hydrogen (secondary N) is 1. The minimum absolute atomic E-state index is 0.0694. The van der Waals surface area contributed by atoms with Gasteiger partial charge in [0.2, 0.25) is 22.7 Å². The van der Waals surface area contributed by atoms with E-state index in [1.807, 2.05) is 0 Å². The van der Waals surface area contributed by atoms with E-state index in [1.54, 1.807) is 30.3 Å². The summed E-state index contributed by atoms with van der Waals surface area (Å²) >= 11 is 0. The Morgan fingerprint density at radius 3 is 2.71 bits per heavy atom. The number of hydrogen-bond acceptors (Lipinski definition) is 5. The van der Waals surface area contributed by atoms with Crippen molar-refractivity contribution in [2.24, 2.45) is 5.14 Å². The van der Waals surface area contributed by atoms with Crippen molar-refractivity contribution in [1.82, 2.24) is 0 Å². The predicted molar refractivity (Wildman–Crippen MR) is 88.0 cm³/mol. The number of benzene rings is 2. The van der Waals surface area contributed by atoms with Gasteiger partial charge in [-0.3, -0.25) is 4.79 Å². The Hall–Kier alpha value is -2.84. The third kappa shape index (κ3) is 3.73. The van der Waals surface area contributed by atoms with Gasteiger partial charge in [-0.1, -0.05) is 12.1 Å². The molecule has 1 amide bonds. The average Bonchev–Trinajstić information content (AvgIpc) is 3.00. The smallest absolute Gasteiger partial charge is 0.248 e. The van der Waals surface area contributed by atoms with Crippen LogP contribution in [-0.4, -0.2) is 21.1 Å². The SMILES string of the molecule is NS(=O)(=O)c1cccc(NC(=O)/C=C/c2ccc3c(c2)OCO3)c1. The van der Waals surface area contributed by atoms with E-state index in [4.69, 9.17) is 14.6 Å². The van der Waals surface area contributed by atoms with Crippen LogP contribution in [0.25, 0.3) is 6.08 Å². The maximum atomic E-state index is 11.9. The van der Waals surface area contributed by atoms with Gasteiger partial charge >= 0.3 is 0 Å². The van der Waals surface area contributed by atoms with Crippen LogP contribution in [0.2, 0.25) is 0 Å². The minimum atomic E-state index is -3.82. The van der Waals surface area contributed by atoms with E-state index in [9.17, 15) is 13.2 Å². The molecule has 0 aliphatic carbocycles. The lowest BCUT2D eigenvalue weighted by Crippen LogP contribution is -2.13. The first-order chi connectivity index (χ1) is 11.4. The van der Waals surface area contributed by atoms with E-state index < -0.39 is 15.9 Å². The minimum Gasteiger partial charge on any atom is -0.454 e. The fourth-order valence-corrected chi connectivity index (χ4v) is 2.68.